The van der Waals surface area contributed by atoms with Crippen LogP contribution in [-0.2, 0) is 9.59 Å². The third-order valence-electron chi connectivity index (χ3n) is 6.02. The Hall–Kier alpha value is -4.77. The van der Waals surface area contributed by atoms with Crippen molar-refractivity contribution in [3.63, 3.8) is 0 Å². The van der Waals surface area contributed by atoms with Crippen LogP contribution in [0.2, 0.25) is 0 Å². The Kier molecular flexibility index (Phi) is 6.06. The Bertz CT molecular complexity index is 1580. The van der Waals surface area contributed by atoms with Crippen LogP contribution in [0.15, 0.2) is 72.3 Å². The van der Waals surface area contributed by atoms with Crippen molar-refractivity contribution >= 4 is 49.8 Å². The summed E-state index contributed by atoms with van der Waals surface area (Å²) in [5, 5.41) is 22.6. The van der Waals surface area contributed by atoms with Crippen molar-refractivity contribution in [2.45, 2.75) is 6.04 Å². The second-order valence-electron chi connectivity index (χ2n) is 8.08. The highest BCUT2D eigenvalue weighted by Gasteiger charge is 2.48. The molecule has 0 aliphatic carbocycles. The molecule has 3 aromatic carbocycles. The van der Waals surface area contributed by atoms with Gasteiger partial charge in [-0.25, -0.2) is 4.98 Å². The summed E-state index contributed by atoms with van der Waals surface area (Å²) in [6, 6.07) is 16.0. The lowest BCUT2D eigenvalue weighted by Crippen LogP contribution is -2.29. The Balaban J connectivity index is 1.70. The second kappa shape index (κ2) is 9.36. The van der Waals surface area contributed by atoms with E-state index in [4.69, 9.17) is 9.47 Å². The summed E-state index contributed by atoms with van der Waals surface area (Å²) in [7, 11) is 3.04. The van der Waals surface area contributed by atoms with Crippen molar-refractivity contribution in [1.29, 1.82) is 0 Å². The molecule has 4 aromatic rings. The molecular weight excluding hydrogens is 498 g/mol. The lowest BCUT2D eigenvalue weighted by atomic mass is 9.95. The van der Waals surface area contributed by atoms with E-state index < -0.39 is 22.7 Å². The first-order chi connectivity index (χ1) is 17.8. The number of nitro benzene ring substituents is 1. The number of carbonyl (C=O) groups excluding carboxylic acids is 2. The number of hydrogen-bond donors (Lipinski definition) is 1. The minimum Gasteiger partial charge on any atom is -0.507 e. The number of methoxy groups -OCH3 is 2. The Morgan fingerprint density at radius 1 is 1.00 bits per heavy atom. The van der Waals surface area contributed by atoms with Crippen LogP contribution in [0.5, 0.6) is 11.5 Å². The van der Waals surface area contributed by atoms with Crippen molar-refractivity contribution in [3.05, 3.63) is 93.5 Å². The first-order valence-electron chi connectivity index (χ1n) is 11.0. The first-order valence-corrected chi connectivity index (χ1v) is 11.8. The highest BCUT2D eigenvalue weighted by atomic mass is 32.1. The zero-order valence-corrected chi connectivity index (χ0v) is 20.4. The van der Waals surface area contributed by atoms with Gasteiger partial charge in [-0.3, -0.25) is 24.6 Å². The van der Waals surface area contributed by atoms with Crippen LogP contribution in [0.3, 0.4) is 0 Å². The predicted octanol–water partition coefficient (Wildman–Crippen LogP) is 4.85. The SMILES string of the molecule is COc1ccc(/C(O)=C2\C(=O)C(=O)N(c3nc4ccc(OC)cc4s3)C2c2ccc([N+](=O)[O-])cc2)cc1. The van der Waals surface area contributed by atoms with Gasteiger partial charge in [-0.15, -0.1) is 0 Å². The van der Waals surface area contributed by atoms with Crippen molar-refractivity contribution in [2.75, 3.05) is 19.1 Å². The summed E-state index contributed by atoms with van der Waals surface area (Å²) in [4.78, 5) is 43.1. The molecule has 1 aliphatic heterocycles. The number of anilines is 1. The molecular formula is C26H19N3O7S. The smallest absolute Gasteiger partial charge is 0.301 e. The van der Waals surface area contributed by atoms with Gasteiger partial charge in [0.05, 0.1) is 41.0 Å². The van der Waals surface area contributed by atoms with Crippen LogP contribution in [-0.4, -0.2) is 40.9 Å². The number of Topliss-reactive ketones (excluding diaryl/α,β-unsaturated/α-hetero) is 1. The number of aliphatic hydroxyl groups excluding tert-OH is 1. The van der Waals surface area contributed by atoms with Crippen LogP contribution in [0, 0.1) is 10.1 Å². The van der Waals surface area contributed by atoms with E-state index in [0.29, 0.717) is 28.1 Å². The molecule has 1 atom stereocenters. The van der Waals surface area contributed by atoms with Crippen LogP contribution in [0.1, 0.15) is 17.2 Å². The van der Waals surface area contributed by atoms with Gasteiger partial charge in [-0.05, 0) is 60.2 Å². The summed E-state index contributed by atoms with van der Waals surface area (Å²) in [6.45, 7) is 0. The van der Waals surface area contributed by atoms with Gasteiger partial charge in [0.25, 0.3) is 11.5 Å². The maximum absolute atomic E-state index is 13.4. The van der Waals surface area contributed by atoms with Gasteiger partial charge >= 0.3 is 5.91 Å². The van der Waals surface area contributed by atoms with E-state index in [2.05, 4.69) is 4.98 Å². The van der Waals surface area contributed by atoms with E-state index in [0.717, 1.165) is 4.70 Å². The van der Waals surface area contributed by atoms with Gasteiger partial charge in [0, 0.05) is 17.7 Å². The number of amides is 1. The number of ketones is 1. The molecule has 2 heterocycles. The number of ether oxygens (including phenoxy) is 2. The minimum absolute atomic E-state index is 0.150. The van der Waals surface area contributed by atoms with Crippen LogP contribution >= 0.6 is 11.3 Å². The molecule has 0 spiro atoms. The lowest BCUT2D eigenvalue weighted by molar-refractivity contribution is -0.384. The normalized spacial score (nSPS) is 16.8. The van der Waals surface area contributed by atoms with Crippen molar-refractivity contribution in [1.82, 2.24) is 4.98 Å². The molecule has 1 aliphatic rings. The zero-order valence-electron chi connectivity index (χ0n) is 19.6. The number of fused-ring (bicyclic) bond motifs is 1. The van der Waals surface area contributed by atoms with Crippen molar-refractivity contribution in [2.24, 2.45) is 0 Å². The Labute approximate surface area is 214 Å². The minimum atomic E-state index is -1.06. The topological polar surface area (TPSA) is 132 Å². The van der Waals surface area contributed by atoms with Crippen molar-refractivity contribution < 1.29 is 29.1 Å². The summed E-state index contributed by atoms with van der Waals surface area (Å²) in [5.74, 6) is -0.988. The molecule has 5 rings (SSSR count). The van der Waals surface area contributed by atoms with Crippen LogP contribution in [0.25, 0.3) is 16.0 Å². The van der Waals surface area contributed by atoms with Gasteiger partial charge < -0.3 is 14.6 Å². The molecule has 1 aromatic heterocycles. The summed E-state index contributed by atoms with van der Waals surface area (Å²) < 4.78 is 11.2. The summed E-state index contributed by atoms with van der Waals surface area (Å²) >= 11 is 1.18. The molecule has 0 radical (unpaired) electrons. The van der Waals surface area contributed by atoms with Gasteiger partial charge in [-0.2, -0.15) is 0 Å². The summed E-state index contributed by atoms with van der Waals surface area (Å²) in [6.07, 6.45) is 0. The molecule has 1 saturated heterocycles. The first kappa shape index (κ1) is 23.9. The number of non-ortho nitro benzene ring substituents is 1. The molecule has 1 fully saturated rings. The molecule has 11 heteroatoms. The predicted molar refractivity (Wildman–Crippen MR) is 137 cm³/mol. The number of thiazole rings is 1. The number of hydrogen-bond acceptors (Lipinski definition) is 9. The standard InChI is InChI=1S/C26H19N3O7S/c1-35-17-9-5-15(6-10-17)23(30)21-22(14-3-7-16(8-4-14)29(33)34)28(25(32)24(21)31)26-27-19-12-11-18(36-2)13-20(19)37-26/h3-13,22,30H,1-2H3/b23-21+. The molecule has 0 bridgehead atoms. The molecule has 0 saturated carbocycles. The van der Waals surface area contributed by atoms with Gasteiger partial charge in [-0.1, -0.05) is 11.3 Å². The highest BCUT2D eigenvalue weighted by molar-refractivity contribution is 7.22. The zero-order chi connectivity index (χ0) is 26.3. The van der Waals surface area contributed by atoms with Crippen molar-refractivity contribution in [3.8, 4) is 11.5 Å². The van der Waals surface area contributed by atoms with Crippen LogP contribution < -0.4 is 14.4 Å². The third kappa shape index (κ3) is 4.15. The van der Waals surface area contributed by atoms with Gasteiger partial charge in [0.1, 0.15) is 17.3 Å². The average Bonchev–Trinajstić information content (AvgIpc) is 3.45. The molecule has 1 unspecified atom stereocenters. The maximum Gasteiger partial charge on any atom is 0.301 e. The Morgan fingerprint density at radius 3 is 2.27 bits per heavy atom. The molecule has 1 N–H and O–H groups in total. The maximum atomic E-state index is 13.4. The molecule has 37 heavy (non-hydrogen) atoms. The fourth-order valence-electron chi connectivity index (χ4n) is 4.15. The van der Waals surface area contributed by atoms with E-state index >= 15 is 0 Å². The fraction of sp³-hybridized carbons (Fsp3) is 0.115. The fourth-order valence-corrected chi connectivity index (χ4v) is 5.17. The lowest BCUT2D eigenvalue weighted by Gasteiger charge is -2.22. The monoisotopic (exact) mass is 517 g/mol. The van der Waals surface area contributed by atoms with E-state index in [9.17, 15) is 24.8 Å². The van der Waals surface area contributed by atoms with E-state index in [-0.39, 0.29) is 22.2 Å². The number of aliphatic hydroxyl groups is 1. The quantitative estimate of drug-likeness (QED) is 0.126. The largest absolute Gasteiger partial charge is 0.507 e. The van der Waals surface area contributed by atoms with Crippen LogP contribution in [0.4, 0.5) is 10.8 Å². The molecule has 1 amide bonds. The number of nitro groups is 1. The number of benzene rings is 3. The van der Waals surface area contributed by atoms with Gasteiger partial charge in [0.15, 0.2) is 5.13 Å². The summed E-state index contributed by atoms with van der Waals surface area (Å²) in [5.41, 5.74) is 1.00. The highest BCUT2D eigenvalue weighted by Crippen LogP contribution is 2.45. The van der Waals surface area contributed by atoms with E-state index in [1.807, 2.05) is 0 Å². The number of rotatable bonds is 6. The molecule has 10 nitrogen and oxygen atoms in total. The number of aromatic nitrogens is 1. The number of carbonyl (C=O) groups is 2. The van der Waals surface area contributed by atoms with E-state index in [1.165, 1.54) is 54.7 Å². The second-order valence-corrected chi connectivity index (χ2v) is 9.09. The number of nitrogens with zero attached hydrogens (tertiary/aromatic N) is 3. The van der Waals surface area contributed by atoms with E-state index in [1.54, 1.807) is 42.5 Å². The van der Waals surface area contributed by atoms with Gasteiger partial charge in [0.2, 0.25) is 0 Å². The molecule has 186 valence electrons. The third-order valence-corrected chi connectivity index (χ3v) is 7.04. The Morgan fingerprint density at radius 2 is 1.65 bits per heavy atom. The average molecular weight is 518 g/mol.